The number of nitrogens with one attached hydrogen (secondary N) is 2. The number of amides is 1. The number of ether oxygens (including phenoxy) is 1. The zero-order chi connectivity index (χ0) is 17.1. The van der Waals surface area contributed by atoms with Crippen LogP contribution in [0.15, 0.2) is 42.5 Å². The molecule has 0 spiro atoms. The average molecular weight is 335 g/mol. The molecule has 0 saturated heterocycles. The number of imidazole rings is 1. The predicted molar refractivity (Wildman–Crippen MR) is 96.8 cm³/mol. The number of carbonyl (C=O) groups excluding carboxylic acids is 1. The van der Waals surface area contributed by atoms with Gasteiger partial charge in [0.25, 0.3) is 0 Å². The number of benzene rings is 2. The molecule has 1 aliphatic rings. The summed E-state index contributed by atoms with van der Waals surface area (Å²) in [7, 11) is 0. The third kappa shape index (κ3) is 3.65. The van der Waals surface area contributed by atoms with Gasteiger partial charge in [0.15, 0.2) is 0 Å². The van der Waals surface area contributed by atoms with Crippen molar-refractivity contribution in [2.75, 3.05) is 13.2 Å². The van der Waals surface area contributed by atoms with Crippen LogP contribution >= 0.6 is 0 Å². The summed E-state index contributed by atoms with van der Waals surface area (Å²) in [5, 5.41) is 2.98. The molecule has 1 aliphatic heterocycles. The van der Waals surface area contributed by atoms with Crippen LogP contribution in [0.3, 0.4) is 0 Å². The summed E-state index contributed by atoms with van der Waals surface area (Å²) in [6.45, 7) is 1.39. The molecule has 0 fully saturated rings. The highest BCUT2D eigenvalue weighted by Gasteiger charge is 2.13. The average Bonchev–Trinajstić information content (AvgIpc) is 3.24. The highest BCUT2D eigenvalue weighted by atomic mass is 16.5. The van der Waals surface area contributed by atoms with Crippen molar-refractivity contribution in [1.82, 2.24) is 15.3 Å². The van der Waals surface area contributed by atoms with Crippen molar-refractivity contribution in [3.05, 3.63) is 59.4 Å². The SMILES string of the molecule is O=C(Cc1ccc2c(c1)OCC2)NCCCc1nc2ccccc2[nH]1. The Balaban J connectivity index is 1.23. The van der Waals surface area contributed by atoms with Crippen LogP contribution in [0.1, 0.15) is 23.4 Å². The number of fused-ring (bicyclic) bond motifs is 2. The Morgan fingerprint density at radius 2 is 2.16 bits per heavy atom. The van der Waals surface area contributed by atoms with Gasteiger partial charge in [0.05, 0.1) is 24.1 Å². The number of rotatable bonds is 6. The zero-order valence-electron chi connectivity index (χ0n) is 14.0. The molecule has 0 aliphatic carbocycles. The summed E-state index contributed by atoms with van der Waals surface area (Å²) in [5.41, 5.74) is 4.27. The first kappa shape index (κ1) is 15.7. The molecule has 0 bridgehead atoms. The summed E-state index contributed by atoms with van der Waals surface area (Å²) in [4.78, 5) is 19.9. The van der Waals surface area contributed by atoms with Crippen LogP contribution in [0.5, 0.6) is 5.75 Å². The van der Waals surface area contributed by atoms with E-state index in [2.05, 4.69) is 21.4 Å². The van der Waals surface area contributed by atoms with Crippen molar-refractivity contribution < 1.29 is 9.53 Å². The second-order valence-corrected chi connectivity index (χ2v) is 6.37. The number of nitrogens with zero attached hydrogens (tertiary/aromatic N) is 1. The van der Waals surface area contributed by atoms with Gasteiger partial charge in [0.1, 0.15) is 11.6 Å². The van der Waals surface area contributed by atoms with E-state index in [1.54, 1.807) is 0 Å². The van der Waals surface area contributed by atoms with Gasteiger partial charge in [-0.3, -0.25) is 4.79 Å². The number of hydrogen-bond donors (Lipinski definition) is 2. The number of aromatic amines is 1. The molecule has 25 heavy (non-hydrogen) atoms. The molecular weight excluding hydrogens is 314 g/mol. The highest BCUT2D eigenvalue weighted by Crippen LogP contribution is 2.26. The third-order valence-electron chi connectivity index (χ3n) is 4.48. The third-order valence-corrected chi connectivity index (χ3v) is 4.48. The first-order chi connectivity index (χ1) is 12.3. The maximum absolute atomic E-state index is 12.1. The minimum atomic E-state index is 0.0440. The minimum Gasteiger partial charge on any atom is -0.493 e. The zero-order valence-corrected chi connectivity index (χ0v) is 14.0. The molecule has 0 saturated carbocycles. The fourth-order valence-corrected chi connectivity index (χ4v) is 3.18. The highest BCUT2D eigenvalue weighted by molar-refractivity contribution is 5.78. The Kier molecular flexibility index (Phi) is 4.37. The first-order valence-electron chi connectivity index (χ1n) is 8.73. The molecule has 0 atom stereocenters. The maximum atomic E-state index is 12.1. The molecule has 5 heteroatoms. The Morgan fingerprint density at radius 1 is 1.24 bits per heavy atom. The molecule has 2 N–H and O–H groups in total. The van der Waals surface area contributed by atoms with E-state index in [0.717, 1.165) is 54.0 Å². The smallest absolute Gasteiger partial charge is 0.224 e. The van der Waals surface area contributed by atoms with Crippen molar-refractivity contribution >= 4 is 16.9 Å². The molecule has 2 aromatic carbocycles. The summed E-state index contributed by atoms with van der Waals surface area (Å²) in [6.07, 6.45) is 3.03. The second-order valence-electron chi connectivity index (χ2n) is 6.37. The fraction of sp³-hybridized carbons (Fsp3) is 0.300. The Bertz CT molecular complexity index is 868. The topological polar surface area (TPSA) is 67.0 Å². The lowest BCUT2D eigenvalue weighted by Crippen LogP contribution is -2.26. The van der Waals surface area contributed by atoms with Crippen molar-refractivity contribution in [1.29, 1.82) is 0 Å². The lowest BCUT2D eigenvalue weighted by molar-refractivity contribution is -0.120. The Morgan fingerprint density at radius 3 is 3.08 bits per heavy atom. The quantitative estimate of drug-likeness (QED) is 0.681. The Hall–Kier alpha value is -2.82. The van der Waals surface area contributed by atoms with E-state index >= 15 is 0 Å². The largest absolute Gasteiger partial charge is 0.493 e. The number of para-hydroxylation sites is 2. The van der Waals surface area contributed by atoms with Crippen LogP contribution in [0.25, 0.3) is 11.0 Å². The minimum absolute atomic E-state index is 0.0440. The van der Waals surface area contributed by atoms with E-state index in [9.17, 15) is 4.79 Å². The fourth-order valence-electron chi connectivity index (χ4n) is 3.18. The first-order valence-corrected chi connectivity index (χ1v) is 8.73. The molecule has 0 unspecified atom stereocenters. The van der Waals surface area contributed by atoms with Gasteiger partial charge in [-0.25, -0.2) is 4.98 Å². The standard InChI is InChI=1S/C20H21N3O2/c24-20(13-14-7-8-15-9-11-25-18(15)12-14)21-10-3-6-19-22-16-4-1-2-5-17(16)23-19/h1-2,4-5,7-8,12H,3,6,9-11,13H2,(H,21,24)(H,22,23). The number of hydrogen-bond acceptors (Lipinski definition) is 3. The van der Waals surface area contributed by atoms with Gasteiger partial charge in [-0.2, -0.15) is 0 Å². The molecule has 1 aromatic heterocycles. The van der Waals surface area contributed by atoms with Crippen LogP contribution in [0.4, 0.5) is 0 Å². The van der Waals surface area contributed by atoms with Crippen molar-refractivity contribution in [2.45, 2.75) is 25.7 Å². The summed E-state index contributed by atoms with van der Waals surface area (Å²) < 4.78 is 5.55. The van der Waals surface area contributed by atoms with Gasteiger partial charge in [-0.05, 0) is 35.7 Å². The van der Waals surface area contributed by atoms with Crippen LogP contribution in [0, 0.1) is 0 Å². The van der Waals surface area contributed by atoms with Gasteiger partial charge >= 0.3 is 0 Å². The maximum Gasteiger partial charge on any atom is 0.224 e. The Labute approximate surface area is 146 Å². The molecule has 2 heterocycles. The lowest BCUT2D eigenvalue weighted by Gasteiger charge is -2.06. The summed E-state index contributed by atoms with van der Waals surface area (Å²) in [5.74, 6) is 1.93. The van der Waals surface area contributed by atoms with Gasteiger partial charge in [0.2, 0.25) is 5.91 Å². The summed E-state index contributed by atoms with van der Waals surface area (Å²) in [6, 6.07) is 14.1. The van der Waals surface area contributed by atoms with Crippen LogP contribution < -0.4 is 10.1 Å². The van der Waals surface area contributed by atoms with Crippen molar-refractivity contribution in [3.63, 3.8) is 0 Å². The van der Waals surface area contributed by atoms with Gasteiger partial charge in [-0.15, -0.1) is 0 Å². The van der Waals surface area contributed by atoms with E-state index in [4.69, 9.17) is 4.74 Å². The van der Waals surface area contributed by atoms with E-state index in [0.29, 0.717) is 13.0 Å². The number of aromatic nitrogens is 2. The van der Waals surface area contributed by atoms with E-state index < -0.39 is 0 Å². The molecule has 1 amide bonds. The van der Waals surface area contributed by atoms with Crippen molar-refractivity contribution in [3.8, 4) is 5.75 Å². The summed E-state index contributed by atoms with van der Waals surface area (Å²) >= 11 is 0. The van der Waals surface area contributed by atoms with E-state index in [1.165, 1.54) is 5.56 Å². The molecule has 5 nitrogen and oxygen atoms in total. The molecule has 4 rings (SSSR count). The van der Waals surface area contributed by atoms with Gasteiger partial charge in [0, 0.05) is 19.4 Å². The van der Waals surface area contributed by atoms with Crippen LogP contribution in [0.2, 0.25) is 0 Å². The molecule has 128 valence electrons. The van der Waals surface area contributed by atoms with Gasteiger partial charge < -0.3 is 15.0 Å². The normalized spacial score (nSPS) is 12.8. The van der Waals surface area contributed by atoms with Crippen LogP contribution in [-0.2, 0) is 24.1 Å². The predicted octanol–water partition coefficient (Wildman–Crippen LogP) is 2.79. The number of H-pyrrole nitrogens is 1. The molecular formula is C20H21N3O2. The lowest BCUT2D eigenvalue weighted by atomic mass is 10.1. The van der Waals surface area contributed by atoms with Crippen molar-refractivity contribution in [2.24, 2.45) is 0 Å². The van der Waals surface area contributed by atoms with Gasteiger partial charge in [-0.1, -0.05) is 24.3 Å². The monoisotopic (exact) mass is 335 g/mol. The van der Waals surface area contributed by atoms with Crippen LogP contribution in [-0.4, -0.2) is 29.0 Å². The van der Waals surface area contributed by atoms with E-state index in [1.807, 2.05) is 36.4 Å². The number of aryl methyl sites for hydroxylation is 1. The number of carbonyl (C=O) groups is 1. The second kappa shape index (κ2) is 6.97. The molecule has 3 aromatic rings. The van der Waals surface area contributed by atoms with E-state index in [-0.39, 0.29) is 5.91 Å². The molecule has 0 radical (unpaired) electrons.